The number of aromatic nitrogens is 2. The molecule has 2 fully saturated rings. The van der Waals surface area contributed by atoms with Gasteiger partial charge in [-0.1, -0.05) is 54.6 Å². The van der Waals surface area contributed by atoms with Crippen molar-refractivity contribution in [2.24, 2.45) is 18.9 Å². The first-order valence-electron chi connectivity index (χ1n) is 10.7. The van der Waals surface area contributed by atoms with E-state index >= 15 is 0 Å². The molecule has 2 saturated heterocycles. The van der Waals surface area contributed by atoms with Gasteiger partial charge in [-0.15, -0.1) is 24.8 Å². The summed E-state index contributed by atoms with van der Waals surface area (Å²) in [4.78, 5) is 22.4. The molecule has 0 bridgehead atoms. The van der Waals surface area contributed by atoms with E-state index in [0.717, 1.165) is 31.0 Å². The van der Waals surface area contributed by atoms with Crippen LogP contribution >= 0.6 is 24.8 Å². The zero-order valence-corrected chi connectivity index (χ0v) is 20.3. The van der Waals surface area contributed by atoms with Crippen molar-refractivity contribution in [3.8, 4) is 11.4 Å². The average Bonchev–Trinajstić information content (AvgIpc) is 3.41. The first kappa shape index (κ1) is 24.3. The van der Waals surface area contributed by atoms with Gasteiger partial charge in [-0.2, -0.15) is 0 Å². The number of nitrogens with zero attached hydrogens (tertiary/aromatic N) is 4. The van der Waals surface area contributed by atoms with Crippen LogP contribution < -0.4 is 0 Å². The fourth-order valence-corrected chi connectivity index (χ4v) is 5.44. The van der Waals surface area contributed by atoms with Gasteiger partial charge in [0.2, 0.25) is 0 Å². The number of hydrogen-bond acceptors (Lipinski definition) is 3. The number of hydrogen-bond donors (Lipinski definition) is 0. The van der Waals surface area contributed by atoms with Gasteiger partial charge in [-0.25, -0.2) is 4.98 Å². The summed E-state index contributed by atoms with van der Waals surface area (Å²) in [5, 5.41) is 0. The fourth-order valence-electron chi connectivity index (χ4n) is 5.44. The number of benzene rings is 2. The minimum Gasteiger partial charge on any atom is -0.337 e. The number of halogens is 2. The Morgan fingerprint density at radius 3 is 2.34 bits per heavy atom. The molecule has 1 aromatic heterocycles. The molecule has 32 heavy (non-hydrogen) atoms. The third-order valence-corrected chi connectivity index (χ3v) is 6.93. The average molecular weight is 473 g/mol. The van der Waals surface area contributed by atoms with Crippen LogP contribution in [-0.4, -0.2) is 51.9 Å². The molecule has 0 aliphatic carbocycles. The number of carbonyl (C=O) groups is 1. The Morgan fingerprint density at radius 2 is 1.62 bits per heavy atom. The maximum absolute atomic E-state index is 13.4. The third kappa shape index (κ3) is 4.05. The van der Waals surface area contributed by atoms with Gasteiger partial charge in [0.05, 0.1) is 6.20 Å². The second-order valence-electron chi connectivity index (χ2n) is 8.77. The standard InChI is InChI=1S/C25H28N4O.2ClH/c1-17-9-7-8-12-20(17)23-21-16-29(15-19(21)14-27(23)2)25(30)22-13-26-24(28(22)3)18-10-5-4-6-11-18;;/h4-13,19,21,23H,14-16H2,1-3H3;2*1H/t19-,21+,23+;;/m0../s1. The fraction of sp³-hybridized carbons (Fsp3) is 0.360. The Labute approximate surface area is 202 Å². The van der Waals surface area contributed by atoms with Crippen molar-refractivity contribution >= 4 is 30.7 Å². The molecule has 5 nitrogen and oxygen atoms in total. The summed E-state index contributed by atoms with van der Waals surface area (Å²) in [6.07, 6.45) is 1.73. The lowest BCUT2D eigenvalue weighted by Crippen LogP contribution is -2.34. The monoisotopic (exact) mass is 472 g/mol. The number of carbonyl (C=O) groups excluding carboxylic acids is 1. The molecule has 2 aliphatic heterocycles. The molecular formula is C25H30Cl2N4O. The number of aryl methyl sites for hydroxylation is 1. The molecule has 0 spiro atoms. The van der Waals surface area contributed by atoms with Gasteiger partial charge in [-0.3, -0.25) is 9.69 Å². The van der Waals surface area contributed by atoms with Crippen LogP contribution in [0.15, 0.2) is 60.8 Å². The van der Waals surface area contributed by atoms with E-state index in [4.69, 9.17) is 0 Å². The Bertz CT molecular complexity index is 1080. The van der Waals surface area contributed by atoms with Gasteiger partial charge in [0.25, 0.3) is 5.91 Å². The minimum absolute atomic E-state index is 0. The first-order chi connectivity index (χ1) is 14.5. The van der Waals surface area contributed by atoms with Gasteiger partial charge < -0.3 is 9.47 Å². The zero-order chi connectivity index (χ0) is 20.8. The Hall–Kier alpha value is -2.34. The molecule has 1 amide bonds. The Kier molecular flexibility index (Phi) is 7.33. The van der Waals surface area contributed by atoms with Crippen molar-refractivity contribution in [2.45, 2.75) is 13.0 Å². The molecule has 7 heteroatoms. The summed E-state index contributed by atoms with van der Waals surface area (Å²) in [7, 11) is 4.15. The lowest BCUT2D eigenvalue weighted by atomic mass is 9.88. The molecule has 0 unspecified atom stereocenters. The maximum Gasteiger partial charge on any atom is 0.272 e. The topological polar surface area (TPSA) is 41.4 Å². The number of imidazole rings is 1. The van der Waals surface area contributed by atoms with Crippen LogP contribution in [0, 0.1) is 18.8 Å². The molecule has 0 N–H and O–H groups in total. The summed E-state index contributed by atoms with van der Waals surface area (Å²) in [5.74, 6) is 1.91. The maximum atomic E-state index is 13.4. The summed E-state index contributed by atoms with van der Waals surface area (Å²) >= 11 is 0. The van der Waals surface area contributed by atoms with Gasteiger partial charge in [0, 0.05) is 44.2 Å². The highest BCUT2D eigenvalue weighted by Gasteiger charge is 2.47. The predicted octanol–water partition coefficient (Wildman–Crippen LogP) is 4.61. The molecule has 0 radical (unpaired) electrons. The van der Waals surface area contributed by atoms with Gasteiger partial charge >= 0.3 is 0 Å². The third-order valence-electron chi connectivity index (χ3n) is 6.93. The Balaban J connectivity index is 0.00000144. The van der Waals surface area contributed by atoms with Crippen molar-refractivity contribution in [3.63, 3.8) is 0 Å². The van der Waals surface area contributed by atoms with E-state index in [1.165, 1.54) is 11.1 Å². The SMILES string of the molecule is Cc1ccccc1[C@@H]1[C@@H]2CN(C(=O)c3cnc(-c4ccccc4)n3C)C[C@@H]2CN1C.Cl.Cl. The second-order valence-corrected chi connectivity index (χ2v) is 8.77. The van der Waals surface area contributed by atoms with E-state index in [9.17, 15) is 4.79 Å². The molecule has 5 rings (SSSR count). The van der Waals surface area contributed by atoms with Crippen LogP contribution in [0.4, 0.5) is 0 Å². The Morgan fingerprint density at radius 1 is 0.938 bits per heavy atom. The second kappa shape index (κ2) is 9.65. The zero-order valence-electron chi connectivity index (χ0n) is 18.6. The molecule has 3 heterocycles. The molecule has 2 aliphatic rings. The van der Waals surface area contributed by atoms with Crippen LogP contribution in [-0.2, 0) is 7.05 Å². The summed E-state index contributed by atoms with van der Waals surface area (Å²) in [6, 6.07) is 19.1. The molecule has 3 atom stereocenters. The highest BCUT2D eigenvalue weighted by atomic mass is 35.5. The largest absolute Gasteiger partial charge is 0.337 e. The van der Waals surface area contributed by atoms with Gasteiger partial charge in [0.15, 0.2) is 0 Å². The van der Waals surface area contributed by atoms with E-state index in [1.54, 1.807) is 6.20 Å². The van der Waals surface area contributed by atoms with Crippen molar-refractivity contribution in [1.82, 2.24) is 19.4 Å². The van der Waals surface area contributed by atoms with Crippen LogP contribution in [0.5, 0.6) is 0 Å². The predicted molar refractivity (Wildman–Crippen MR) is 133 cm³/mol. The lowest BCUT2D eigenvalue weighted by molar-refractivity contribution is 0.0758. The van der Waals surface area contributed by atoms with E-state index in [-0.39, 0.29) is 30.7 Å². The lowest BCUT2D eigenvalue weighted by Gasteiger charge is -2.28. The smallest absolute Gasteiger partial charge is 0.272 e. The van der Waals surface area contributed by atoms with Crippen LogP contribution in [0.3, 0.4) is 0 Å². The normalized spacial score (nSPS) is 22.2. The van der Waals surface area contributed by atoms with Crippen molar-refractivity contribution in [3.05, 3.63) is 77.6 Å². The van der Waals surface area contributed by atoms with E-state index in [2.05, 4.69) is 48.1 Å². The van der Waals surface area contributed by atoms with E-state index in [1.807, 2.05) is 46.8 Å². The quantitative estimate of drug-likeness (QED) is 0.558. The van der Waals surface area contributed by atoms with Crippen LogP contribution in [0.1, 0.15) is 27.7 Å². The highest BCUT2D eigenvalue weighted by Crippen LogP contribution is 2.45. The number of fused-ring (bicyclic) bond motifs is 1. The van der Waals surface area contributed by atoms with Gasteiger partial charge in [-0.05, 0) is 31.0 Å². The summed E-state index contributed by atoms with van der Waals surface area (Å²) in [6.45, 7) is 4.85. The molecule has 0 saturated carbocycles. The van der Waals surface area contributed by atoms with Crippen molar-refractivity contribution < 1.29 is 4.79 Å². The van der Waals surface area contributed by atoms with E-state index < -0.39 is 0 Å². The number of rotatable bonds is 3. The molecule has 2 aromatic carbocycles. The van der Waals surface area contributed by atoms with Crippen LogP contribution in [0.2, 0.25) is 0 Å². The number of likely N-dealkylation sites (tertiary alicyclic amines) is 2. The molecule has 170 valence electrons. The minimum atomic E-state index is 0. The summed E-state index contributed by atoms with van der Waals surface area (Å²) < 4.78 is 1.93. The van der Waals surface area contributed by atoms with Crippen molar-refractivity contribution in [2.75, 3.05) is 26.7 Å². The highest BCUT2D eigenvalue weighted by molar-refractivity contribution is 5.93. The van der Waals surface area contributed by atoms with E-state index in [0.29, 0.717) is 23.6 Å². The summed E-state index contributed by atoms with van der Waals surface area (Å²) in [5.41, 5.74) is 4.42. The van der Waals surface area contributed by atoms with Crippen LogP contribution in [0.25, 0.3) is 11.4 Å². The molecular weight excluding hydrogens is 443 g/mol. The first-order valence-corrected chi connectivity index (χ1v) is 10.7. The van der Waals surface area contributed by atoms with Gasteiger partial charge in [0.1, 0.15) is 11.5 Å². The number of amides is 1. The molecule has 3 aromatic rings. The van der Waals surface area contributed by atoms with Crippen molar-refractivity contribution in [1.29, 1.82) is 0 Å².